The smallest absolute Gasteiger partial charge is 0.283 e. The maximum absolute atomic E-state index is 12.1. The minimum absolute atomic E-state index is 0.0787. The van der Waals surface area contributed by atoms with E-state index in [2.05, 4.69) is 9.97 Å². The number of hydrogen-bond acceptors (Lipinski definition) is 4. The van der Waals surface area contributed by atoms with Gasteiger partial charge < -0.3 is 10.2 Å². The molecule has 0 aliphatic carbocycles. The maximum atomic E-state index is 12.1. The molecule has 0 saturated carbocycles. The van der Waals surface area contributed by atoms with Gasteiger partial charge in [-0.1, -0.05) is 30.3 Å². The molecule has 0 aliphatic heterocycles. The van der Waals surface area contributed by atoms with Crippen molar-refractivity contribution in [3.8, 4) is 11.4 Å². The van der Waals surface area contributed by atoms with Crippen LogP contribution in [0.1, 0.15) is 0 Å². The third-order valence-electron chi connectivity index (χ3n) is 2.92. The van der Waals surface area contributed by atoms with Gasteiger partial charge in [-0.25, -0.2) is 4.98 Å². The molecule has 0 amide bonds. The summed E-state index contributed by atoms with van der Waals surface area (Å²) in [7, 11) is 1.54. The summed E-state index contributed by atoms with van der Waals surface area (Å²) in [5.41, 5.74) is 0.669. The van der Waals surface area contributed by atoms with Crippen molar-refractivity contribution in [2.24, 2.45) is 7.05 Å². The summed E-state index contributed by atoms with van der Waals surface area (Å²) < 4.78 is 2.30. The van der Waals surface area contributed by atoms with Crippen molar-refractivity contribution in [2.45, 2.75) is 0 Å². The summed E-state index contributed by atoms with van der Waals surface area (Å²) in [4.78, 5) is 19.1. The van der Waals surface area contributed by atoms with Crippen LogP contribution in [-0.4, -0.2) is 24.5 Å². The van der Waals surface area contributed by atoms with E-state index in [1.165, 1.54) is 11.6 Å². The first-order chi connectivity index (χ1) is 9.09. The lowest BCUT2D eigenvalue weighted by atomic mass is 10.2. The molecule has 3 aromatic rings. The van der Waals surface area contributed by atoms with E-state index in [1.54, 1.807) is 12.1 Å². The number of nitrogens with one attached hydrogen (secondary N) is 1. The van der Waals surface area contributed by atoms with Gasteiger partial charge in [0.15, 0.2) is 21.8 Å². The SMILES string of the molecule is Cn1c(=S)[nH]c2nc(-c3ccccc3)n(O)c2c1=O. The van der Waals surface area contributed by atoms with Gasteiger partial charge in [-0.15, -0.1) is 0 Å². The lowest BCUT2D eigenvalue weighted by molar-refractivity contribution is 0.202. The van der Waals surface area contributed by atoms with E-state index in [1.807, 2.05) is 18.2 Å². The average molecular weight is 274 g/mol. The summed E-state index contributed by atoms with van der Waals surface area (Å²) in [5.74, 6) is 0.296. The molecule has 1 aromatic carbocycles. The Morgan fingerprint density at radius 1 is 1.32 bits per heavy atom. The highest BCUT2D eigenvalue weighted by Crippen LogP contribution is 2.19. The Morgan fingerprint density at radius 2 is 2.00 bits per heavy atom. The van der Waals surface area contributed by atoms with Crippen molar-refractivity contribution in [1.29, 1.82) is 0 Å². The fourth-order valence-corrected chi connectivity index (χ4v) is 2.08. The number of aromatic nitrogens is 4. The number of benzene rings is 1. The molecule has 0 unspecified atom stereocenters. The number of aromatic amines is 1. The van der Waals surface area contributed by atoms with Crippen LogP contribution in [0, 0.1) is 4.77 Å². The Kier molecular flexibility index (Phi) is 2.49. The van der Waals surface area contributed by atoms with Crippen LogP contribution in [0.2, 0.25) is 0 Å². The summed E-state index contributed by atoms with van der Waals surface area (Å²) in [6, 6.07) is 9.12. The Morgan fingerprint density at radius 3 is 2.68 bits per heavy atom. The zero-order valence-corrected chi connectivity index (χ0v) is 10.8. The second-order valence-electron chi connectivity index (χ2n) is 4.10. The van der Waals surface area contributed by atoms with Gasteiger partial charge in [0, 0.05) is 12.6 Å². The molecular weight excluding hydrogens is 264 g/mol. The van der Waals surface area contributed by atoms with Crippen molar-refractivity contribution >= 4 is 23.4 Å². The number of nitrogens with zero attached hydrogens (tertiary/aromatic N) is 3. The highest BCUT2D eigenvalue weighted by atomic mass is 32.1. The third kappa shape index (κ3) is 1.66. The summed E-state index contributed by atoms with van der Waals surface area (Å²) in [5, 5.41) is 10.1. The molecule has 3 rings (SSSR count). The Balaban J connectivity index is 2.43. The van der Waals surface area contributed by atoms with E-state index in [9.17, 15) is 10.0 Å². The molecule has 0 radical (unpaired) electrons. The van der Waals surface area contributed by atoms with Gasteiger partial charge in [0.1, 0.15) is 0 Å². The van der Waals surface area contributed by atoms with Gasteiger partial charge in [-0.3, -0.25) is 9.36 Å². The van der Waals surface area contributed by atoms with Crippen molar-refractivity contribution in [3.63, 3.8) is 0 Å². The molecule has 0 spiro atoms. The molecule has 2 N–H and O–H groups in total. The van der Waals surface area contributed by atoms with Gasteiger partial charge in [-0.2, -0.15) is 4.73 Å². The molecule has 0 fully saturated rings. The molecular formula is C12H10N4O2S. The molecule has 0 saturated heterocycles. The van der Waals surface area contributed by atoms with E-state index < -0.39 is 5.56 Å². The first kappa shape index (κ1) is 11.7. The summed E-state index contributed by atoms with van der Waals surface area (Å²) in [6.45, 7) is 0. The molecule has 6 nitrogen and oxygen atoms in total. The lowest BCUT2D eigenvalue weighted by Gasteiger charge is -2.00. The van der Waals surface area contributed by atoms with Gasteiger partial charge >= 0.3 is 0 Å². The van der Waals surface area contributed by atoms with Crippen molar-refractivity contribution in [3.05, 3.63) is 45.5 Å². The number of H-pyrrole nitrogens is 1. The maximum Gasteiger partial charge on any atom is 0.283 e. The first-order valence-corrected chi connectivity index (χ1v) is 5.97. The second-order valence-corrected chi connectivity index (χ2v) is 4.49. The van der Waals surface area contributed by atoms with Gasteiger partial charge in [0.05, 0.1) is 0 Å². The predicted molar refractivity (Wildman–Crippen MR) is 72.8 cm³/mol. The molecule has 96 valence electrons. The van der Waals surface area contributed by atoms with Crippen LogP contribution in [0.5, 0.6) is 0 Å². The van der Waals surface area contributed by atoms with Crippen molar-refractivity contribution in [2.75, 3.05) is 0 Å². The largest absolute Gasteiger partial charge is 0.426 e. The number of rotatable bonds is 1. The number of hydrogen-bond donors (Lipinski definition) is 2. The molecule has 0 aliphatic rings. The Labute approximate surface area is 112 Å². The predicted octanol–water partition coefficient (Wildman–Crippen LogP) is 1.70. The minimum Gasteiger partial charge on any atom is -0.426 e. The lowest BCUT2D eigenvalue weighted by Crippen LogP contribution is -2.20. The van der Waals surface area contributed by atoms with E-state index in [0.29, 0.717) is 11.4 Å². The van der Waals surface area contributed by atoms with E-state index in [-0.39, 0.29) is 15.9 Å². The van der Waals surface area contributed by atoms with Crippen molar-refractivity contribution < 1.29 is 5.21 Å². The summed E-state index contributed by atoms with van der Waals surface area (Å²) in [6.07, 6.45) is 0. The number of fused-ring (bicyclic) bond motifs is 1. The van der Waals surface area contributed by atoms with Crippen LogP contribution >= 0.6 is 12.2 Å². The highest BCUT2D eigenvalue weighted by molar-refractivity contribution is 7.71. The zero-order valence-electron chi connectivity index (χ0n) is 9.99. The van der Waals surface area contributed by atoms with E-state index in [0.717, 1.165) is 4.73 Å². The summed E-state index contributed by atoms with van der Waals surface area (Å²) >= 11 is 5.01. The highest BCUT2D eigenvalue weighted by Gasteiger charge is 2.16. The average Bonchev–Trinajstić information content (AvgIpc) is 2.74. The van der Waals surface area contributed by atoms with Crippen LogP contribution in [0.4, 0.5) is 0 Å². The Hall–Kier alpha value is -2.41. The van der Waals surface area contributed by atoms with Crippen LogP contribution in [0.3, 0.4) is 0 Å². The molecule has 2 heterocycles. The molecule has 7 heteroatoms. The van der Waals surface area contributed by atoms with Crippen LogP contribution in [0.25, 0.3) is 22.6 Å². The second kappa shape index (κ2) is 4.06. The molecule has 19 heavy (non-hydrogen) atoms. The zero-order chi connectivity index (χ0) is 13.6. The minimum atomic E-state index is -0.393. The first-order valence-electron chi connectivity index (χ1n) is 5.56. The van der Waals surface area contributed by atoms with Gasteiger partial charge in [-0.05, 0) is 12.2 Å². The third-order valence-corrected chi connectivity index (χ3v) is 3.30. The van der Waals surface area contributed by atoms with Crippen molar-refractivity contribution in [1.82, 2.24) is 19.3 Å². The normalized spacial score (nSPS) is 11.0. The van der Waals surface area contributed by atoms with E-state index >= 15 is 0 Å². The quantitative estimate of drug-likeness (QED) is 0.523. The Bertz CT molecular complexity index is 876. The topological polar surface area (TPSA) is 75.8 Å². The fraction of sp³-hybridized carbons (Fsp3) is 0.0833. The van der Waals surface area contributed by atoms with Crippen LogP contribution in [-0.2, 0) is 7.05 Å². The molecule has 2 aromatic heterocycles. The van der Waals surface area contributed by atoms with E-state index in [4.69, 9.17) is 12.2 Å². The fourth-order valence-electron chi connectivity index (χ4n) is 1.90. The standard InChI is InChI=1S/C12H10N4O2S/c1-15-11(17)8-9(14-12(15)19)13-10(16(8)18)7-5-3-2-4-6-7/h2-6,18H,1H3,(H,14,19). The van der Waals surface area contributed by atoms with Gasteiger partial charge in [0.25, 0.3) is 5.56 Å². The number of imidazole rings is 1. The van der Waals surface area contributed by atoms with Crippen LogP contribution in [0.15, 0.2) is 35.1 Å². The van der Waals surface area contributed by atoms with Crippen LogP contribution < -0.4 is 5.56 Å². The monoisotopic (exact) mass is 274 g/mol. The van der Waals surface area contributed by atoms with Gasteiger partial charge in [0.2, 0.25) is 0 Å². The molecule has 0 bridgehead atoms. The molecule has 0 atom stereocenters.